The van der Waals surface area contributed by atoms with Crippen LogP contribution >= 0.6 is 12.2 Å². The smallest absolute Gasteiger partial charge is 0.243 e. The Bertz CT molecular complexity index is 578. The van der Waals surface area contributed by atoms with Crippen molar-refractivity contribution >= 4 is 27.2 Å². The molecule has 110 valence electrons. The first kappa shape index (κ1) is 15.4. The van der Waals surface area contributed by atoms with Crippen LogP contribution in [0.25, 0.3) is 0 Å². The molecule has 1 aromatic carbocycles. The fourth-order valence-electron chi connectivity index (χ4n) is 2.20. The first-order chi connectivity index (χ1) is 9.45. The number of thiocarbonyl (C=S) groups is 1. The van der Waals surface area contributed by atoms with E-state index < -0.39 is 10.0 Å². The third-order valence-electron chi connectivity index (χ3n) is 3.31. The molecule has 0 heterocycles. The third-order valence-corrected chi connectivity index (χ3v) is 5.42. The molecule has 1 aliphatic rings. The Hall–Kier alpha value is -0.980. The monoisotopic (exact) mass is 312 g/mol. The molecule has 0 atom stereocenters. The van der Waals surface area contributed by atoms with Crippen LogP contribution in [-0.4, -0.2) is 30.3 Å². The topological polar surface area (TPSA) is 63.4 Å². The van der Waals surface area contributed by atoms with Gasteiger partial charge in [-0.25, -0.2) is 8.42 Å². The SMILES string of the molecule is CCCN(C1CC1)S(=O)(=O)c1ccc(CC(N)=S)cc1. The van der Waals surface area contributed by atoms with Crippen molar-refractivity contribution in [3.8, 4) is 0 Å². The number of nitrogens with two attached hydrogens (primary N) is 1. The van der Waals surface area contributed by atoms with Crippen LogP contribution in [0, 0.1) is 0 Å². The van der Waals surface area contributed by atoms with Gasteiger partial charge in [0.2, 0.25) is 10.0 Å². The fraction of sp³-hybridized carbons (Fsp3) is 0.500. The molecule has 0 amide bonds. The summed E-state index contributed by atoms with van der Waals surface area (Å²) in [6.07, 6.45) is 3.27. The van der Waals surface area contributed by atoms with Gasteiger partial charge in [-0.05, 0) is 37.0 Å². The second-order valence-corrected chi connectivity index (χ2v) is 7.55. The van der Waals surface area contributed by atoms with Crippen molar-refractivity contribution < 1.29 is 8.42 Å². The highest BCUT2D eigenvalue weighted by atomic mass is 32.2. The molecule has 20 heavy (non-hydrogen) atoms. The standard InChI is InChI=1S/C14H20N2O2S2/c1-2-9-16(12-5-6-12)20(17,18)13-7-3-11(4-8-13)10-14(15)19/h3-4,7-8,12H,2,5-6,9-10H2,1H3,(H2,15,19). The Balaban J connectivity index is 2.22. The number of hydrogen-bond acceptors (Lipinski definition) is 3. The molecular formula is C14H20N2O2S2. The van der Waals surface area contributed by atoms with Gasteiger partial charge in [0.1, 0.15) is 0 Å². The number of benzene rings is 1. The molecule has 0 spiro atoms. The summed E-state index contributed by atoms with van der Waals surface area (Å²) in [5.41, 5.74) is 6.42. The van der Waals surface area contributed by atoms with Gasteiger partial charge in [0.15, 0.2) is 0 Å². The predicted octanol–water partition coefficient (Wildman–Crippen LogP) is 2.08. The molecular weight excluding hydrogens is 292 g/mol. The van der Waals surface area contributed by atoms with E-state index in [1.54, 1.807) is 28.6 Å². The zero-order valence-corrected chi connectivity index (χ0v) is 13.2. The van der Waals surface area contributed by atoms with Crippen LogP contribution in [0.2, 0.25) is 0 Å². The number of hydrogen-bond donors (Lipinski definition) is 1. The van der Waals surface area contributed by atoms with Crippen LogP contribution in [0.15, 0.2) is 29.2 Å². The van der Waals surface area contributed by atoms with Gasteiger partial charge in [-0.3, -0.25) is 0 Å². The number of sulfonamides is 1. The maximum atomic E-state index is 12.6. The Kier molecular flexibility index (Phi) is 4.78. The van der Waals surface area contributed by atoms with Crippen molar-refractivity contribution in [1.82, 2.24) is 4.31 Å². The molecule has 1 fully saturated rings. The summed E-state index contributed by atoms with van der Waals surface area (Å²) in [5.74, 6) is 0. The third kappa shape index (κ3) is 3.56. The van der Waals surface area contributed by atoms with E-state index in [9.17, 15) is 8.42 Å². The molecule has 1 saturated carbocycles. The van der Waals surface area contributed by atoms with Crippen LogP contribution in [0.3, 0.4) is 0 Å². The average Bonchev–Trinajstić information content (AvgIpc) is 3.20. The highest BCUT2D eigenvalue weighted by molar-refractivity contribution is 7.89. The van der Waals surface area contributed by atoms with E-state index in [4.69, 9.17) is 18.0 Å². The van der Waals surface area contributed by atoms with Crippen molar-refractivity contribution in [3.63, 3.8) is 0 Å². The average molecular weight is 312 g/mol. The summed E-state index contributed by atoms with van der Waals surface area (Å²) in [7, 11) is -3.38. The fourth-order valence-corrected chi connectivity index (χ4v) is 4.14. The lowest BCUT2D eigenvalue weighted by Gasteiger charge is -2.21. The van der Waals surface area contributed by atoms with E-state index in [1.165, 1.54) is 0 Å². The number of nitrogens with zero attached hydrogens (tertiary/aromatic N) is 1. The summed E-state index contributed by atoms with van der Waals surface area (Å²) < 4.78 is 26.9. The number of rotatable bonds is 7. The highest BCUT2D eigenvalue weighted by Gasteiger charge is 2.37. The Morgan fingerprint density at radius 3 is 2.40 bits per heavy atom. The zero-order chi connectivity index (χ0) is 14.8. The van der Waals surface area contributed by atoms with Gasteiger partial charge >= 0.3 is 0 Å². The van der Waals surface area contributed by atoms with E-state index in [0.717, 1.165) is 24.8 Å². The van der Waals surface area contributed by atoms with E-state index in [2.05, 4.69) is 0 Å². The predicted molar refractivity (Wildman–Crippen MR) is 84.1 cm³/mol. The molecule has 2 N–H and O–H groups in total. The van der Waals surface area contributed by atoms with Gasteiger partial charge < -0.3 is 5.73 Å². The minimum absolute atomic E-state index is 0.191. The quantitative estimate of drug-likeness (QED) is 0.783. The lowest BCUT2D eigenvalue weighted by Crippen LogP contribution is -2.33. The lowest BCUT2D eigenvalue weighted by atomic mass is 10.1. The van der Waals surface area contributed by atoms with Gasteiger partial charge in [-0.2, -0.15) is 4.31 Å². The lowest BCUT2D eigenvalue weighted by molar-refractivity contribution is 0.403. The van der Waals surface area contributed by atoms with Crippen molar-refractivity contribution in [2.45, 2.75) is 43.5 Å². The van der Waals surface area contributed by atoms with Crippen molar-refractivity contribution in [1.29, 1.82) is 0 Å². The molecule has 1 aliphatic carbocycles. The van der Waals surface area contributed by atoms with Gasteiger partial charge in [0.05, 0.1) is 9.88 Å². The summed E-state index contributed by atoms with van der Waals surface area (Å²) >= 11 is 4.85. The van der Waals surface area contributed by atoms with Crippen LogP contribution in [-0.2, 0) is 16.4 Å². The molecule has 1 aromatic rings. The second kappa shape index (κ2) is 6.20. The minimum atomic E-state index is -3.38. The summed E-state index contributed by atoms with van der Waals surface area (Å²) in [6.45, 7) is 2.58. The van der Waals surface area contributed by atoms with Gasteiger partial charge in [-0.1, -0.05) is 31.3 Å². The van der Waals surface area contributed by atoms with Gasteiger partial charge in [-0.15, -0.1) is 0 Å². The maximum absolute atomic E-state index is 12.6. The first-order valence-electron chi connectivity index (χ1n) is 6.84. The molecule has 0 aromatic heterocycles. The molecule has 4 nitrogen and oxygen atoms in total. The largest absolute Gasteiger partial charge is 0.393 e. The summed E-state index contributed by atoms with van der Waals surface area (Å²) in [4.78, 5) is 0.760. The molecule has 2 rings (SSSR count). The highest BCUT2D eigenvalue weighted by Crippen LogP contribution is 2.32. The van der Waals surface area contributed by atoms with Crippen LogP contribution in [0.5, 0.6) is 0 Å². The van der Waals surface area contributed by atoms with E-state index in [1.807, 2.05) is 6.92 Å². The van der Waals surface area contributed by atoms with E-state index in [0.29, 0.717) is 22.8 Å². The van der Waals surface area contributed by atoms with Crippen molar-refractivity contribution in [3.05, 3.63) is 29.8 Å². The van der Waals surface area contributed by atoms with Crippen LogP contribution in [0.1, 0.15) is 31.7 Å². The van der Waals surface area contributed by atoms with Gasteiger partial charge in [0.25, 0.3) is 0 Å². The summed E-state index contributed by atoms with van der Waals surface area (Å²) in [6, 6.07) is 7.05. The first-order valence-corrected chi connectivity index (χ1v) is 8.69. The summed E-state index contributed by atoms with van der Waals surface area (Å²) in [5, 5.41) is 0. The van der Waals surface area contributed by atoms with Gasteiger partial charge in [0, 0.05) is 19.0 Å². The maximum Gasteiger partial charge on any atom is 0.243 e. The molecule has 0 radical (unpaired) electrons. The normalized spacial score (nSPS) is 15.5. The van der Waals surface area contributed by atoms with Crippen LogP contribution in [0.4, 0.5) is 0 Å². The Morgan fingerprint density at radius 1 is 1.35 bits per heavy atom. The van der Waals surface area contributed by atoms with Crippen molar-refractivity contribution in [2.75, 3.05) is 6.54 Å². The molecule has 0 bridgehead atoms. The minimum Gasteiger partial charge on any atom is -0.393 e. The molecule has 6 heteroatoms. The second-order valence-electron chi connectivity index (χ2n) is 5.13. The molecule has 0 saturated heterocycles. The van der Waals surface area contributed by atoms with E-state index >= 15 is 0 Å². The molecule has 0 unspecified atom stereocenters. The Labute approximate surface area is 126 Å². The van der Waals surface area contributed by atoms with E-state index in [-0.39, 0.29) is 6.04 Å². The Morgan fingerprint density at radius 2 is 1.95 bits per heavy atom. The van der Waals surface area contributed by atoms with Crippen molar-refractivity contribution in [2.24, 2.45) is 5.73 Å². The zero-order valence-electron chi connectivity index (χ0n) is 11.6. The van der Waals surface area contributed by atoms with Crippen LogP contribution < -0.4 is 5.73 Å². The molecule has 0 aliphatic heterocycles.